The third-order valence-electron chi connectivity index (χ3n) is 3.85. The average Bonchev–Trinajstić information content (AvgIpc) is 2.28. The molecule has 1 unspecified atom stereocenters. The van der Waals surface area contributed by atoms with Crippen LogP contribution in [0.4, 0.5) is 0 Å². The van der Waals surface area contributed by atoms with Gasteiger partial charge in [-0.05, 0) is 31.8 Å². The number of rotatable bonds is 4. The minimum atomic E-state index is -0.131. The Labute approximate surface area is 99.6 Å². The summed E-state index contributed by atoms with van der Waals surface area (Å²) in [5, 5.41) is 3.31. The molecule has 1 N–H and O–H groups in total. The van der Waals surface area contributed by atoms with Crippen LogP contribution < -0.4 is 5.32 Å². The summed E-state index contributed by atoms with van der Waals surface area (Å²) in [5.74, 6) is 0.925. The van der Waals surface area contributed by atoms with Crippen LogP contribution in [0, 0.1) is 11.3 Å². The van der Waals surface area contributed by atoms with E-state index in [1.165, 1.54) is 0 Å². The third-order valence-corrected chi connectivity index (χ3v) is 3.85. The monoisotopic (exact) mass is 226 g/mol. The molecule has 1 heterocycles. The van der Waals surface area contributed by atoms with E-state index >= 15 is 0 Å². The highest BCUT2D eigenvalue weighted by molar-refractivity contribution is 5.82. The molecule has 0 aliphatic carbocycles. The van der Waals surface area contributed by atoms with Crippen LogP contribution in [0.3, 0.4) is 0 Å². The second-order valence-corrected chi connectivity index (χ2v) is 5.51. The molecule has 0 radical (unpaired) electrons. The van der Waals surface area contributed by atoms with E-state index in [1.807, 2.05) is 11.9 Å². The standard InChI is InChI=1S/C13H26N2O/c1-5-11(2)10-15(4)12(16)13(3)6-8-14-9-7-13/h11,14H,5-10H2,1-4H3. The van der Waals surface area contributed by atoms with Gasteiger partial charge in [0.1, 0.15) is 0 Å². The van der Waals surface area contributed by atoms with Crippen molar-refractivity contribution in [2.45, 2.75) is 40.0 Å². The number of nitrogens with one attached hydrogen (secondary N) is 1. The first-order valence-electron chi connectivity index (χ1n) is 6.46. The average molecular weight is 226 g/mol. The Kier molecular flexibility index (Phi) is 4.78. The molecule has 1 amide bonds. The first-order chi connectivity index (χ1) is 7.49. The Balaban J connectivity index is 2.54. The van der Waals surface area contributed by atoms with E-state index in [0.717, 1.165) is 38.9 Å². The minimum Gasteiger partial charge on any atom is -0.345 e. The number of carbonyl (C=O) groups excluding carboxylic acids is 1. The summed E-state index contributed by atoms with van der Waals surface area (Å²) in [6, 6.07) is 0. The lowest BCUT2D eigenvalue weighted by Crippen LogP contribution is -2.47. The topological polar surface area (TPSA) is 32.3 Å². The second-order valence-electron chi connectivity index (χ2n) is 5.51. The van der Waals surface area contributed by atoms with Gasteiger partial charge in [-0.3, -0.25) is 4.79 Å². The molecule has 3 heteroatoms. The van der Waals surface area contributed by atoms with E-state index in [9.17, 15) is 4.79 Å². The summed E-state index contributed by atoms with van der Waals surface area (Å²) >= 11 is 0. The van der Waals surface area contributed by atoms with E-state index in [-0.39, 0.29) is 5.41 Å². The summed E-state index contributed by atoms with van der Waals surface area (Å²) in [7, 11) is 1.95. The van der Waals surface area contributed by atoms with E-state index < -0.39 is 0 Å². The number of piperidine rings is 1. The SMILES string of the molecule is CCC(C)CN(C)C(=O)C1(C)CCNCC1. The molecule has 1 atom stereocenters. The van der Waals surface area contributed by atoms with Gasteiger partial charge in [0.15, 0.2) is 0 Å². The van der Waals surface area contributed by atoms with Gasteiger partial charge in [-0.2, -0.15) is 0 Å². The highest BCUT2D eigenvalue weighted by Gasteiger charge is 2.36. The zero-order valence-corrected chi connectivity index (χ0v) is 11.2. The lowest BCUT2D eigenvalue weighted by atomic mass is 9.79. The van der Waals surface area contributed by atoms with Crippen LogP contribution in [0.1, 0.15) is 40.0 Å². The summed E-state index contributed by atoms with van der Waals surface area (Å²) in [6.45, 7) is 9.32. The molecule has 0 saturated carbocycles. The number of hydrogen-bond donors (Lipinski definition) is 1. The molecule has 0 aromatic heterocycles. The Hall–Kier alpha value is -0.570. The van der Waals surface area contributed by atoms with Gasteiger partial charge in [-0.25, -0.2) is 0 Å². The van der Waals surface area contributed by atoms with Crippen molar-refractivity contribution in [2.75, 3.05) is 26.7 Å². The maximum atomic E-state index is 12.4. The van der Waals surface area contributed by atoms with E-state index in [4.69, 9.17) is 0 Å². The zero-order chi connectivity index (χ0) is 12.2. The summed E-state index contributed by atoms with van der Waals surface area (Å²) in [5.41, 5.74) is -0.131. The van der Waals surface area contributed by atoms with Gasteiger partial charge >= 0.3 is 0 Å². The molecule has 0 aromatic carbocycles. The van der Waals surface area contributed by atoms with Crippen LogP contribution in [0.15, 0.2) is 0 Å². The maximum Gasteiger partial charge on any atom is 0.228 e. The molecule has 3 nitrogen and oxygen atoms in total. The number of hydrogen-bond acceptors (Lipinski definition) is 2. The molecule has 0 bridgehead atoms. The van der Waals surface area contributed by atoms with Crippen molar-refractivity contribution in [2.24, 2.45) is 11.3 Å². The Morgan fingerprint density at radius 3 is 2.50 bits per heavy atom. The van der Waals surface area contributed by atoms with E-state index in [0.29, 0.717) is 11.8 Å². The summed E-state index contributed by atoms with van der Waals surface area (Å²) < 4.78 is 0. The number of amides is 1. The van der Waals surface area contributed by atoms with Gasteiger partial charge in [-0.1, -0.05) is 27.2 Å². The Bertz CT molecular complexity index is 234. The molecule has 1 rings (SSSR count). The molecule has 1 saturated heterocycles. The number of nitrogens with zero attached hydrogens (tertiary/aromatic N) is 1. The molecular weight excluding hydrogens is 200 g/mol. The van der Waals surface area contributed by atoms with Crippen molar-refractivity contribution < 1.29 is 4.79 Å². The van der Waals surface area contributed by atoms with Gasteiger partial charge in [0.2, 0.25) is 5.91 Å². The fraction of sp³-hybridized carbons (Fsp3) is 0.923. The molecule has 0 aromatic rings. The van der Waals surface area contributed by atoms with Crippen molar-refractivity contribution in [1.29, 1.82) is 0 Å². The minimum absolute atomic E-state index is 0.131. The largest absolute Gasteiger partial charge is 0.345 e. The van der Waals surface area contributed by atoms with Gasteiger partial charge in [0.25, 0.3) is 0 Å². The predicted molar refractivity (Wildman–Crippen MR) is 67.3 cm³/mol. The van der Waals surface area contributed by atoms with Crippen LogP contribution >= 0.6 is 0 Å². The third kappa shape index (κ3) is 3.21. The normalized spacial score (nSPS) is 21.5. The van der Waals surface area contributed by atoms with Crippen LogP contribution in [-0.2, 0) is 4.79 Å². The highest BCUT2D eigenvalue weighted by Crippen LogP contribution is 2.30. The number of carbonyl (C=O) groups is 1. The first kappa shape index (κ1) is 13.5. The lowest BCUT2D eigenvalue weighted by molar-refractivity contribution is -0.141. The molecule has 1 fully saturated rings. The predicted octanol–water partition coefficient (Wildman–Crippen LogP) is 1.88. The molecule has 94 valence electrons. The van der Waals surface area contributed by atoms with Crippen LogP contribution in [0.25, 0.3) is 0 Å². The molecule has 1 aliphatic heterocycles. The van der Waals surface area contributed by atoms with Crippen molar-refractivity contribution in [1.82, 2.24) is 10.2 Å². The first-order valence-corrected chi connectivity index (χ1v) is 6.46. The van der Waals surface area contributed by atoms with Crippen LogP contribution in [-0.4, -0.2) is 37.5 Å². The van der Waals surface area contributed by atoms with Gasteiger partial charge in [0, 0.05) is 19.0 Å². The molecular formula is C13H26N2O. The Morgan fingerprint density at radius 2 is 2.00 bits per heavy atom. The molecule has 0 spiro atoms. The maximum absolute atomic E-state index is 12.4. The lowest BCUT2D eigenvalue weighted by Gasteiger charge is -2.36. The second kappa shape index (κ2) is 5.67. The van der Waals surface area contributed by atoms with E-state index in [1.54, 1.807) is 0 Å². The van der Waals surface area contributed by atoms with Crippen LogP contribution in [0.2, 0.25) is 0 Å². The van der Waals surface area contributed by atoms with Crippen molar-refractivity contribution in [3.05, 3.63) is 0 Å². The summed E-state index contributed by atoms with van der Waals surface area (Å²) in [6.07, 6.45) is 3.07. The van der Waals surface area contributed by atoms with E-state index in [2.05, 4.69) is 26.1 Å². The van der Waals surface area contributed by atoms with Gasteiger partial charge < -0.3 is 10.2 Å². The smallest absolute Gasteiger partial charge is 0.228 e. The van der Waals surface area contributed by atoms with Crippen molar-refractivity contribution >= 4 is 5.91 Å². The fourth-order valence-corrected chi connectivity index (χ4v) is 2.33. The Morgan fingerprint density at radius 1 is 1.44 bits per heavy atom. The zero-order valence-electron chi connectivity index (χ0n) is 11.2. The van der Waals surface area contributed by atoms with Crippen molar-refractivity contribution in [3.63, 3.8) is 0 Å². The molecule has 16 heavy (non-hydrogen) atoms. The van der Waals surface area contributed by atoms with Gasteiger partial charge in [0.05, 0.1) is 0 Å². The summed E-state index contributed by atoms with van der Waals surface area (Å²) in [4.78, 5) is 14.3. The highest BCUT2D eigenvalue weighted by atomic mass is 16.2. The molecule has 1 aliphatic rings. The fourth-order valence-electron chi connectivity index (χ4n) is 2.33. The van der Waals surface area contributed by atoms with Gasteiger partial charge in [-0.15, -0.1) is 0 Å². The quantitative estimate of drug-likeness (QED) is 0.794. The van der Waals surface area contributed by atoms with Crippen molar-refractivity contribution in [3.8, 4) is 0 Å². The van der Waals surface area contributed by atoms with Crippen LogP contribution in [0.5, 0.6) is 0 Å².